The molecule has 164 valence electrons. The molecule has 0 bridgehead atoms. The number of benzene rings is 1. The quantitative estimate of drug-likeness (QED) is 0.335. The first-order valence-corrected chi connectivity index (χ1v) is 10.9. The average Bonchev–Trinajstić information content (AvgIpc) is 2.78. The first kappa shape index (κ1) is 25.8. The van der Waals surface area contributed by atoms with Crippen molar-refractivity contribution in [1.82, 2.24) is 5.32 Å². The molecule has 1 aromatic carbocycles. The van der Waals surface area contributed by atoms with Crippen molar-refractivity contribution in [3.05, 3.63) is 96.7 Å². The van der Waals surface area contributed by atoms with Crippen LogP contribution in [0.5, 0.6) is 0 Å². The molecule has 0 aliphatic heterocycles. The minimum atomic E-state index is -0.719. The van der Waals surface area contributed by atoms with Crippen LogP contribution in [0.15, 0.2) is 91.1 Å². The third kappa shape index (κ3) is 11.1. The van der Waals surface area contributed by atoms with Crippen molar-refractivity contribution >= 4 is 0 Å². The van der Waals surface area contributed by atoms with Gasteiger partial charge in [-0.3, -0.25) is 0 Å². The fourth-order valence-corrected chi connectivity index (χ4v) is 3.01. The summed E-state index contributed by atoms with van der Waals surface area (Å²) in [5.74, 6) is 0. The Morgan fingerprint density at radius 3 is 2.60 bits per heavy atom. The predicted octanol–water partition coefficient (Wildman–Crippen LogP) is 5.86. The van der Waals surface area contributed by atoms with Crippen LogP contribution in [0.1, 0.15) is 45.1 Å². The highest BCUT2D eigenvalue weighted by molar-refractivity contribution is 5.23. The van der Waals surface area contributed by atoms with Gasteiger partial charge >= 0.3 is 0 Å². The summed E-state index contributed by atoms with van der Waals surface area (Å²) in [4.78, 5) is 0. The van der Waals surface area contributed by atoms with Crippen LogP contribution in [0.25, 0.3) is 0 Å². The molecule has 0 spiro atoms. The zero-order valence-electron chi connectivity index (χ0n) is 18.8. The number of allylic oxidation sites excluding steroid dienone is 5. The highest BCUT2D eigenvalue weighted by Crippen LogP contribution is 2.23. The van der Waals surface area contributed by atoms with Gasteiger partial charge in [0.1, 0.15) is 0 Å². The van der Waals surface area contributed by atoms with Gasteiger partial charge in [0.2, 0.25) is 0 Å². The van der Waals surface area contributed by atoms with Crippen LogP contribution < -0.4 is 5.32 Å². The summed E-state index contributed by atoms with van der Waals surface area (Å²) in [6, 6.07) is 9.80. The van der Waals surface area contributed by atoms with Gasteiger partial charge in [-0.05, 0) is 56.8 Å². The van der Waals surface area contributed by atoms with Gasteiger partial charge < -0.3 is 15.2 Å². The molecule has 1 aliphatic rings. The Balaban J connectivity index is 0.000000303. The molecule has 0 heterocycles. The van der Waals surface area contributed by atoms with Crippen LogP contribution in [0.4, 0.5) is 0 Å². The van der Waals surface area contributed by atoms with Crippen LogP contribution in [0, 0.1) is 0 Å². The van der Waals surface area contributed by atoms with Gasteiger partial charge in [-0.2, -0.15) is 0 Å². The molecule has 3 heteroatoms. The highest BCUT2D eigenvalue weighted by atomic mass is 16.5. The monoisotopic (exact) mass is 409 g/mol. The largest absolute Gasteiger partial charge is 0.385 e. The maximum Gasteiger partial charge on any atom is 0.0880 e. The lowest BCUT2D eigenvalue weighted by Gasteiger charge is -2.23. The van der Waals surface area contributed by atoms with Gasteiger partial charge in [-0.15, -0.1) is 0 Å². The summed E-state index contributed by atoms with van der Waals surface area (Å²) in [7, 11) is 0. The second-order valence-electron chi connectivity index (χ2n) is 7.49. The van der Waals surface area contributed by atoms with Crippen molar-refractivity contribution in [2.24, 2.45) is 0 Å². The van der Waals surface area contributed by atoms with E-state index in [9.17, 15) is 5.11 Å². The molecule has 1 unspecified atom stereocenters. The van der Waals surface area contributed by atoms with Crippen molar-refractivity contribution in [2.75, 3.05) is 26.3 Å². The number of hydrogen-bond donors (Lipinski definition) is 2. The van der Waals surface area contributed by atoms with E-state index < -0.39 is 5.60 Å². The first-order valence-electron chi connectivity index (χ1n) is 10.9. The van der Waals surface area contributed by atoms with E-state index >= 15 is 0 Å². The highest BCUT2D eigenvalue weighted by Gasteiger charge is 2.21. The van der Waals surface area contributed by atoms with Gasteiger partial charge in [0.15, 0.2) is 0 Å². The Kier molecular flexibility index (Phi) is 13.4. The van der Waals surface area contributed by atoms with Crippen LogP contribution in [-0.4, -0.2) is 31.4 Å². The molecule has 0 saturated heterocycles. The van der Waals surface area contributed by atoms with Crippen molar-refractivity contribution < 1.29 is 9.84 Å². The van der Waals surface area contributed by atoms with E-state index in [0.29, 0.717) is 6.61 Å². The molecular weight excluding hydrogens is 370 g/mol. The van der Waals surface area contributed by atoms with Crippen molar-refractivity contribution in [2.45, 2.75) is 45.1 Å². The average molecular weight is 410 g/mol. The Bertz CT molecular complexity index is 699. The minimum absolute atomic E-state index is 0.618. The fourth-order valence-electron chi connectivity index (χ4n) is 3.01. The molecule has 30 heavy (non-hydrogen) atoms. The number of hydrogen-bond acceptors (Lipinski definition) is 3. The van der Waals surface area contributed by atoms with E-state index in [0.717, 1.165) is 43.7 Å². The van der Waals surface area contributed by atoms with E-state index in [1.807, 2.05) is 49.4 Å². The van der Waals surface area contributed by atoms with Crippen molar-refractivity contribution in [1.29, 1.82) is 0 Å². The normalized spacial score (nSPS) is 15.4. The lowest BCUT2D eigenvalue weighted by Crippen LogP contribution is -2.27. The smallest absolute Gasteiger partial charge is 0.0880 e. The lowest BCUT2D eigenvalue weighted by molar-refractivity contribution is 0.0482. The molecular formula is C27H39NO2. The van der Waals surface area contributed by atoms with Gasteiger partial charge in [0, 0.05) is 0 Å². The van der Waals surface area contributed by atoms with E-state index in [1.54, 1.807) is 6.08 Å². The molecule has 0 radical (unpaired) electrons. The lowest BCUT2D eigenvalue weighted by atomic mass is 9.93. The zero-order valence-corrected chi connectivity index (χ0v) is 18.8. The van der Waals surface area contributed by atoms with Crippen molar-refractivity contribution in [3.63, 3.8) is 0 Å². The Hall–Kier alpha value is -2.20. The molecule has 1 aliphatic carbocycles. The Morgan fingerprint density at radius 1 is 1.23 bits per heavy atom. The zero-order chi connectivity index (χ0) is 22.1. The van der Waals surface area contributed by atoms with Crippen LogP contribution >= 0.6 is 0 Å². The second kappa shape index (κ2) is 15.6. The molecule has 2 N–H and O–H groups in total. The number of rotatable bonds is 12. The summed E-state index contributed by atoms with van der Waals surface area (Å²) < 4.78 is 5.58. The number of nitrogens with one attached hydrogen (secondary N) is 1. The number of ether oxygens (including phenoxy) is 1. The second-order valence-corrected chi connectivity index (χ2v) is 7.49. The third-order valence-corrected chi connectivity index (χ3v) is 4.90. The fraction of sp³-hybridized carbons (Fsp3) is 0.407. The standard InChI is InChI=1S/C15H20O.C12H19NO/c1-3-8-14(4-2)13-16-12-11-15-9-6-5-7-10-15;1-3-13-10-9-12(2,14)11-7-5-4-6-8-11/h3-4,6,8-10H,1-2,5,7,11-13H2;4-8,13-14H,3,9-10H2,1-2H3/b14-8+;. The first-order chi connectivity index (χ1) is 14.5. The SMILES string of the molecule is C=C/C=C(\C=C)COCCC1=CCCC=C1.CCNCCC(C)(O)c1ccccc1. The van der Waals surface area contributed by atoms with Crippen LogP contribution in [0.2, 0.25) is 0 Å². The molecule has 2 rings (SSSR count). The molecule has 0 amide bonds. The maximum absolute atomic E-state index is 10.2. The summed E-state index contributed by atoms with van der Waals surface area (Å²) in [6.45, 7) is 14.5. The molecule has 0 saturated carbocycles. The van der Waals surface area contributed by atoms with Gasteiger partial charge in [0.25, 0.3) is 0 Å². The molecule has 3 nitrogen and oxygen atoms in total. The van der Waals surface area contributed by atoms with Crippen LogP contribution in [0.3, 0.4) is 0 Å². The van der Waals surface area contributed by atoms with Gasteiger partial charge in [-0.25, -0.2) is 0 Å². The minimum Gasteiger partial charge on any atom is -0.385 e. The number of aliphatic hydroxyl groups is 1. The topological polar surface area (TPSA) is 41.5 Å². The van der Waals surface area contributed by atoms with Gasteiger partial charge in [-0.1, -0.05) is 92.4 Å². The summed E-state index contributed by atoms with van der Waals surface area (Å²) in [6.07, 6.45) is 16.3. The summed E-state index contributed by atoms with van der Waals surface area (Å²) in [5.41, 5.74) is 2.73. The molecule has 0 fully saturated rings. The maximum atomic E-state index is 10.2. The van der Waals surface area contributed by atoms with Crippen LogP contribution in [-0.2, 0) is 10.3 Å². The van der Waals surface area contributed by atoms with Crippen molar-refractivity contribution in [3.8, 4) is 0 Å². The van der Waals surface area contributed by atoms with E-state index in [-0.39, 0.29) is 0 Å². The molecule has 0 aromatic heterocycles. The molecule has 1 aromatic rings. The summed E-state index contributed by atoms with van der Waals surface area (Å²) >= 11 is 0. The van der Waals surface area contributed by atoms with Gasteiger partial charge in [0.05, 0.1) is 18.8 Å². The van der Waals surface area contributed by atoms with E-state index in [4.69, 9.17) is 4.74 Å². The van der Waals surface area contributed by atoms with E-state index in [1.165, 1.54) is 18.4 Å². The predicted molar refractivity (Wildman–Crippen MR) is 130 cm³/mol. The Labute approximate surface area is 183 Å². The molecule has 1 atom stereocenters. The summed E-state index contributed by atoms with van der Waals surface area (Å²) in [5, 5.41) is 13.4. The third-order valence-electron chi connectivity index (χ3n) is 4.90. The van der Waals surface area contributed by atoms with E-state index in [2.05, 4.69) is 43.6 Å². The Morgan fingerprint density at radius 2 is 2.00 bits per heavy atom.